The normalized spacial score (nSPS) is 12.6. The van der Waals surface area contributed by atoms with Crippen LogP contribution in [0, 0.1) is 0 Å². The molecular weight excluding hydrogens is 773 g/mol. The van der Waals surface area contributed by atoms with Crippen molar-refractivity contribution in [3.05, 3.63) is 231 Å². The SMILES string of the molecule is c1ccc(-c2ccc(N3c4cc(-n5c6ccccc6c6ccccc65)ccc4B4c5c3cccc5-n3c5ccccc5c5ccccc5c5ccccc5c5cccc4c53)cc2)cc1. The molecule has 0 saturated carbocycles. The zero-order chi connectivity index (χ0) is 41.9. The predicted octanol–water partition coefficient (Wildman–Crippen LogP) is 13.6. The minimum atomic E-state index is -0.0260. The molecule has 3 nitrogen and oxygen atoms in total. The Balaban J connectivity index is 1.13. The van der Waals surface area contributed by atoms with Gasteiger partial charge in [0.25, 0.3) is 6.71 Å². The first-order valence-corrected chi connectivity index (χ1v) is 22.2. The van der Waals surface area contributed by atoms with Gasteiger partial charge in [-0.15, -0.1) is 0 Å². The maximum absolute atomic E-state index is 2.59. The Hall–Kier alpha value is -8.34. The summed E-state index contributed by atoms with van der Waals surface area (Å²) in [5.74, 6) is 0. The van der Waals surface area contributed by atoms with Crippen LogP contribution < -0.4 is 21.3 Å². The average Bonchev–Trinajstić information content (AvgIpc) is 3.72. The fourth-order valence-corrected chi connectivity index (χ4v) is 11.3. The summed E-state index contributed by atoms with van der Waals surface area (Å²) in [6, 6.07) is 85.6. The molecule has 2 aromatic heterocycles. The van der Waals surface area contributed by atoms with Gasteiger partial charge in [0, 0.05) is 55.5 Å². The molecule has 4 heterocycles. The van der Waals surface area contributed by atoms with Crippen molar-refractivity contribution in [3.63, 3.8) is 0 Å². The zero-order valence-corrected chi connectivity index (χ0v) is 34.9. The third-order valence-corrected chi connectivity index (χ3v) is 13.9. The van der Waals surface area contributed by atoms with E-state index >= 15 is 0 Å². The minimum absolute atomic E-state index is 0.0260. The molecule has 0 radical (unpaired) electrons. The third kappa shape index (κ3) is 4.94. The van der Waals surface area contributed by atoms with E-state index in [4.69, 9.17) is 0 Å². The van der Waals surface area contributed by atoms with Gasteiger partial charge in [-0.3, -0.25) is 0 Å². The molecule has 64 heavy (non-hydrogen) atoms. The number of hydrogen-bond donors (Lipinski definition) is 0. The van der Waals surface area contributed by atoms with Crippen LogP contribution in [0.5, 0.6) is 0 Å². The molecule has 0 fully saturated rings. The molecule has 0 unspecified atom stereocenters. The largest absolute Gasteiger partial charge is 0.311 e. The number of anilines is 3. The highest BCUT2D eigenvalue weighted by atomic mass is 15.2. The number of fused-ring (bicyclic) bond motifs is 14. The molecule has 4 heteroatoms. The second-order valence-corrected chi connectivity index (χ2v) is 17.2. The van der Waals surface area contributed by atoms with Crippen molar-refractivity contribution in [1.82, 2.24) is 9.13 Å². The predicted molar refractivity (Wildman–Crippen MR) is 273 cm³/mol. The number of benzene rings is 10. The van der Waals surface area contributed by atoms with Crippen molar-refractivity contribution < 1.29 is 0 Å². The Kier molecular flexibility index (Phi) is 7.49. The number of para-hydroxylation sites is 4. The average molecular weight is 812 g/mol. The highest BCUT2D eigenvalue weighted by molar-refractivity contribution is 7.00. The first-order valence-electron chi connectivity index (χ1n) is 22.2. The van der Waals surface area contributed by atoms with Gasteiger partial charge in [-0.05, 0) is 104 Å². The van der Waals surface area contributed by atoms with E-state index in [1.807, 2.05) is 0 Å². The Labute approximate surface area is 370 Å². The highest BCUT2D eigenvalue weighted by Gasteiger charge is 2.41. The molecule has 14 rings (SSSR count). The van der Waals surface area contributed by atoms with Gasteiger partial charge in [-0.25, -0.2) is 0 Å². The van der Waals surface area contributed by atoms with Crippen LogP contribution in [0.15, 0.2) is 231 Å². The summed E-state index contributed by atoms with van der Waals surface area (Å²) >= 11 is 0. The molecular formula is C60H38BN3. The van der Waals surface area contributed by atoms with Gasteiger partial charge in [0.1, 0.15) is 0 Å². The third-order valence-electron chi connectivity index (χ3n) is 13.9. The van der Waals surface area contributed by atoms with E-state index in [-0.39, 0.29) is 6.71 Å². The van der Waals surface area contributed by atoms with Gasteiger partial charge in [0.15, 0.2) is 0 Å². The van der Waals surface area contributed by atoms with Gasteiger partial charge in [0.2, 0.25) is 0 Å². The lowest BCUT2D eigenvalue weighted by molar-refractivity contribution is 1.16. The molecule has 0 aliphatic carbocycles. The van der Waals surface area contributed by atoms with E-state index in [9.17, 15) is 0 Å². The quantitative estimate of drug-likeness (QED) is 0.162. The molecule has 0 bridgehead atoms. The monoisotopic (exact) mass is 811 g/mol. The summed E-state index contributed by atoms with van der Waals surface area (Å²) in [5.41, 5.74) is 17.0. The van der Waals surface area contributed by atoms with Gasteiger partial charge >= 0.3 is 0 Å². The Morgan fingerprint density at radius 1 is 0.281 bits per heavy atom. The van der Waals surface area contributed by atoms with Gasteiger partial charge in [-0.1, -0.05) is 176 Å². The van der Waals surface area contributed by atoms with Crippen molar-refractivity contribution in [2.45, 2.75) is 0 Å². The van der Waals surface area contributed by atoms with Crippen LogP contribution in [0.2, 0.25) is 0 Å². The van der Waals surface area contributed by atoms with Crippen LogP contribution in [0.1, 0.15) is 0 Å². The molecule has 0 atom stereocenters. The van der Waals surface area contributed by atoms with E-state index < -0.39 is 0 Å². The summed E-state index contributed by atoms with van der Waals surface area (Å²) < 4.78 is 5.03. The van der Waals surface area contributed by atoms with Crippen LogP contribution in [0.4, 0.5) is 17.1 Å². The van der Waals surface area contributed by atoms with Crippen LogP contribution >= 0.6 is 0 Å². The number of rotatable bonds is 3. The lowest BCUT2D eigenvalue weighted by atomic mass is 9.33. The van der Waals surface area contributed by atoms with E-state index in [2.05, 4.69) is 245 Å². The maximum Gasteiger partial charge on any atom is 0.252 e. The van der Waals surface area contributed by atoms with Crippen molar-refractivity contribution in [2.24, 2.45) is 0 Å². The Bertz CT molecular complexity index is 3920. The molecule has 10 aromatic carbocycles. The Morgan fingerprint density at radius 3 is 1.41 bits per heavy atom. The smallest absolute Gasteiger partial charge is 0.252 e. The Morgan fingerprint density at radius 2 is 0.750 bits per heavy atom. The first-order chi connectivity index (χ1) is 31.8. The molecule has 0 spiro atoms. The summed E-state index contributed by atoms with van der Waals surface area (Å²) in [6.07, 6.45) is 0. The summed E-state index contributed by atoms with van der Waals surface area (Å²) in [5, 5.41) is 9.92. The number of aromatic nitrogens is 2. The minimum Gasteiger partial charge on any atom is -0.311 e. The first kappa shape index (κ1) is 35.3. The molecule has 296 valence electrons. The zero-order valence-electron chi connectivity index (χ0n) is 34.9. The lowest BCUT2D eigenvalue weighted by Crippen LogP contribution is -2.60. The number of nitrogens with zero attached hydrogens (tertiary/aromatic N) is 3. The lowest BCUT2D eigenvalue weighted by Gasteiger charge is -2.41. The maximum atomic E-state index is 2.59. The molecule has 2 aliphatic heterocycles. The van der Waals surface area contributed by atoms with Crippen molar-refractivity contribution in [3.8, 4) is 22.5 Å². The van der Waals surface area contributed by atoms with Crippen LogP contribution in [-0.4, -0.2) is 15.8 Å². The molecule has 12 aromatic rings. The standard InChI is InChI=1S/C60H38BN3/c1-2-16-39(17-3-1)40-32-34-41(35-33-40)62-56-30-15-31-57-59(56)61(51-37-36-42(38-58(51)62)63-53-27-11-9-23-48(53)49-24-10-12-28-54(49)63)52-26-14-25-50-46-21-7-5-19-44(46)43-18-4-6-20-45(43)47-22-8-13-29-55(47)64(57)60(50)52/h1-38H. The molecule has 0 amide bonds. The van der Waals surface area contributed by atoms with Crippen molar-refractivity contribution in [2.75, 3.05) is 4.90 Å². The van der Waals surface area contributed by atoms with Gasteiger partial charge < -0.3 is 14.0 Å². The molecule has 2 aliphatic rings. The fourth-order valence-electron chi connectivity index (χ4n) is 11.3. The van der Waals surface area contributed by atoms with E-state index in [0.717, 1.165) is 11.4 Å². The topological polar surface area (TPSA) is 13.1 Å². The van der Waals surface area contributed by atoms with Crippen molar-refractivity contribution in [1.29, 1.82) is 0 Å². The van der Waals surface area contributed by atoms with Crippen LogP contribution in [0.25, 0.3) is 87.7 Å². The summed E-state index contributed by atoms with van der Waals surface area (Å²) in [6.45, 7) is -0.0260. The van der Waals surface area contributed by atoms with Gasteiger partial charge in [0.05, 0.1) is 16.6 Å². The van der Waals surface area contributed by atoms with Gasteiger partial charge in [-0.2, -0.15) is 0 Å². The second-order valence-electron chi connectivity index (χ2n) is 17.2. The number of hydrogen-bond acceptors (Lipinski definition) is 1. The highest BCUT2D eigenvalue weighted by Crippen LogP contribution is 2.43. The van der Waals surface area contributed by atoms with Crippen LogP contribution in [-0.2, 0) is 0 Å². The summed E-state index contributed by atoms with van der Waals surface area (Å²) in [7, 11) is 0. The van der Waals surface area contributed by atoms with E-state index in [0.29, 0.717) is 0 Å². The fraction of sp³-hybridized carbons (Fsp3) is 0. The summed E-state index contributed by atoms with van der Waals surface area (Å²) in [4.78, 5) is 2.53. The van der Waals surface area contributed by atoms with E-state index in [1.165, 1.54) is 110 Å². The van der Waals surface area contributed by atoms with Crippen LogP contribution in [0.3, 0.4) is 0 Å². The van der Waals surface area contributed by atoms with Crippen molar-refractivity contribution >= 4 is 105 Å². The molecule has 0 saturated heterocycles. The second kappa shape index (κ2) is 13.6. The van der Waals surface area contributed by atoms with E-state index in [1.54, 1.807) is 0 Å². The molecule has 0 N–H and O–H groups in total.